The third-order valence-electron chi connectivity index (χ3n) is 5.24. The molecule has 0 amide bonds. The lowest BCUT2D eigenvalue weighted by molar-refractivity contribution is -0.384. The van der Waals surface area contributed by atoms with Crippen LogP contribution in [0.3, 0.4) is 0 Å². The topological polar surface area (TPSA) is 86.0 Å². The first-order chi connectivity index (χ1) is 17.6. The van der Waals surface area contributed by atoms with Crippen molar-refractivity contribution in [3.8, 4) is 11.5 Å². The Morgan fingerprint density at radius 3 is 2.46 bits per heavy atom. The number of benzene rings is 3. The molecule has 0 heterocycles. The maximum absolute atomic E-state index is 12.9. The number of rotatable bonds is 11. The number of aryl methyl sites for hydroxylation is 1. The van der Waals surface area contributed by atoms with Crippen molar-refractivity contribution < 1.29 is 27.6 Å². The van der Waals surface area contributed by atoms with Crippen molar-refractivity contribution in [3.05, 3.63) is 105 Å². The lowest BCUT2D eigenvalue weighted by atomic mass is 10.1. The first kappa shape index (κ1) is 27.3. The Morgan fingerprint density at radius 1 is 1.11 bits per heavy atom. The normalized spacial score (nSPS) is 11.4. The summed E-state index contributed by atoms with van der Waals surface area (Å²) in [6.45, 7) is 8.35. The van der Waals surface area contributed by atoms with E-state index in [0.29, 0.717) is 42.8 Å². The second kappa shape index (κ2) is 12.1. The second-order valence-electron chi connectivity index (χ2n) is 8.06. The number of halogens is 3. The summed E-state index contributed by atoms with van der Waals surface area (Å²) in [4.78, 5) is 10.4. The molecule has 0 aromatic heterocycles. The van der Waals surface area contributed by atoms with Gasteiger partial charge in [0.05, 0.1) is 23.3 Å². The molecule has 0 aliphatic rings. The van der Waals surface area contributed by atoms with Gasteiger partial charge in [0, 0.05) is 11.6 Å². The molecule has 7 nitrogen and oxygen atoms in total. The van der Waals surface area contributed by atoms with Crippen LogP contribution in [-0.2, 0) is 19.2 Å². The summed E-state index contributed by atoms with van der Waals surface area (Å²) >= 11 is 0. The standard InChI is InChI=1S/C27H26F3N3O4/c1-4-6-21-13-20(14-25(36-5-2)26(21)37-17-19-9-7-18(3)8-10-19)16-31-32-23-12-11-22(27(28,29)30)15-24(23)33(34)35/h4,7-16,32H,1,5-6,17H2,2-3H3/b31-16-. The molecule has 0 radical (unpaired) electrons. The third-order valence-corrected chi connectivity index (χ3v) is 5.24. The van der Waals surface area contributed by atoms with E-state index < -0.39 is 22.4 Å². The highest BCUT2D eigenvalue weighted by molar-refractivity contribution is 5.82. The summed E-state index contributed by atoms with van der Waals surface area (Å²) in [6.07, 6.45) is -1.12. The van der Waals surface area contributed by atoms with Gasteiger partial charge in [-0.1, -0.05) is 35.9 Å². The van der Waals surface area contributed by atoms with Crippen molar-refractivity contribution >= 4 is 17.6 Å². The van der Waals surface area contributed by atoms with Crippen LogP contribution < -0.4 is 14.9 Å². The molecule has 10 heteroatoms. The predicted molar refractivity (Wildman–Crippen MR) is 136 cm³/mol. The monoisotopic (exact) mass is 513 g/mol. The Labute approximate surface area is 212 Å². The molecule has 0 bridgehead atoms. The van der Waals surface area contributed by atoms with E-state index in [4.69, 9.17) is 9.47 Å². The fourth-order valence-electron chi connectivity index (χ4n) is 3.46. The van der Waals surface area contributed by atoms with Crippen LogP contribution in [0.4, 0.5) is 24.5 Å². The van der Waals surface area contributed by atoms with Crippen LogP contribution in [0.1, 0.15) is 34.7 Å². The first-order valence-electron chi connectivity index (χ1n) is 11.4. The summed E-state index contributed by atoms with van der Waals surface area (Å²) < 4.78 is 50.7. The maximum Gasteiger partial charge on any atom is 0.416 e. The van der Waals surface area contributed by atoms with Crippen LogP contribution in [-0.4, -0.2) is 17.7 Å². The van der Waals surface area contributed by atoms with E-state index in [-0.39, 0.29) is 5.69 Å². The van der Waals surface area contributed by atoms with Gasteiger partial charge in [-0.25, -0.2) is 0 Å². The van der Waals surface area contributed by atoms with E-state index in [9.17, 15) is 23.3 Å². The van der Waals surface area contributed by atoms with Gasteiger partial charge in [0.1, 0.15) is 12.3 Å². The Morgan fingerprint density at radius 2 is 1.84 bits per heavy atom. The first-order valence-corrected chi connectivity index (χ1v) is 11.4. The van der Waals surface area contributed by atoms with Crippen molar-refractivity contribution in [2.24, 2.45) is 5.10 Å². The minimum absolute atomic E-state index is 0.177. The van der Waals surface area contributed by atoms with Crippen LogP contribution in [0.15, 0.2) is 72.4 Å². The lowest BCUT2D eigenvalue weighted by Gasteiger charge is -2.17. The fraction of sp³-hybridized carbons (Fsp3) is 0.222. The highest BCUT2D eigenvalue weighted by atomic mass is 19.4. The van der Waals surface area contributed by atoms with E-state index in [1.54, 1.807) is 18.2 Å². The van der Waals surface area contributed by atoms with Gasteiger partial charge in [-0.05, 0) is 55.7 Å². The number of hydrazone groups is 1. The van der Waals surface area contributed by atoms with Crippen LogP contribution in [0, 0.1) is 17.0 Å². The van der Waals surface area contributed by atoms with Crippen molar-refractivity contribution in [1.29, 1.82) is 0 Å². The number of ether oxygens (including phenoxy) is 2. The highest BCUT2D eigenvalue weighted by Crippen LogP contribution is 2.36. The Balaban J connectivity index is 1.87. The molecule has 0 atom stereocenters. The van der Waals surface area contributed by atoms with Crippen molar-refractivity contribution in [2.45, 2.75) is 33.1 Å². The number of alkyl halides is 3. The smallest absolute Gasteiger partial charge is 0.416 e. The number of nitro benzene ring substituents is 1. The zero-order chi connectivity index (χ0) is 27.0. The van der Waals surface area contributed by atoms with E-state index >= 15 is 0 Å². The number of nitro groups is 1. The van der Waals surface area contributed by atoms with Gasteiger partial charge >= 0.3 is 6.18 Å². The molecule has 37 heavy (non-hydrogen) atoms. The molecule has 0 aliphatic heterocycles. The van der Waals surface area contributed by atoms with Crippen LogP contribution >= 0.6 is 0 Å². The Hall–Kier alpha value is -4.34. The summed E-state index contributed by atoms with van der Waals surface area (Å²) in [5.74, 6) is 1.04. The van der Waals surface area contributed by atoms with E-state index in [1.807, 2.05) is 38.1 Å². The second-order valence-corrected chi connectivity index (χ2v) is 8.06. The molecule has 0 saturated carbocycles. The zero-order valence-corrected chi connectivity index (χ0v) is 20.3. The Bertz CT molecular complexity index is 1290. The van der Waals surface area contributed by atoms with Crippen LogP contribution in [0.2, 0.25) is 0 Å². The molecule has 0 aliphatic carbocycles. The molecule has 0 fully saturated rings. The largest absolute Gasteiger partial charge is 0.490 e. The SMILES string of the molecule is C=CCc1cc(/C=N\Nc2ccc(C(F)(F)F)cc2[N+](=O)[O-])cc(OCC)c1OCc1ccc(C)cc1. The molecule has 0 spiro atoms. The predicted octanol–water partition coefficient (Wildman–Crippen LogP) is 7.07. The summed E-state index contributed by atoms with van der Waals surface area (Å²) in [7, 11) is 0. The average Bonchev–Trinajstić information content (AvgIpc) is 2.84. The number of allylic oxidation sites excluding steroid dienone is 1. The summed E-state index contributed by atoms with van der Waals surface area (Å²) in [5.41, 5.74) is 3.93. The number of nitrogens with zero attached hydrogens (tertiary/aromatic N) is 2. The minimum atomic E-state index is -4.70. The molecule has 3 aromatic rings. The van der Waals surface area contributed by atoms with Crippen molar-refractivity contribution in [2.75, 3.05) is 12.0 Å². The third kappa shape index (κ3) is 7.33. The van der Waals surface area contributed by atoms with E-state index in [2.05, 4.69) is 17.1 Å². The van der Waals surface area contributed by atoms with E-state index in [1.165, 1.54) is 6.21 Å². The van der Waals surface area contributed by atoms with Gasteiger partial charge in [-0.3, -0.25) is 15.5 Å². The van der Waals surface area contributed by atoms with Gasteiger partial charge in [0.15, 0.2) is 11.5 Å². The lowest BCUT2D eigenvalue weighted by Crippen LogP contribution is -2.07. The Kier molecular flexibility index (Phi) is 8.89. The van der Waals surface area contributed by atoms with Gasteiger partial charge in [-0.15, -0.1) is 6.58 Å². The molecule has 0 unspecified atom stereocenters. The summed E-state index contributed by atoms with van der Waals surface area (Å²) in [6, 6.07) is 13.7. The number of nitrogens with one attached hydrogen (secondary N) is 1. The highest BCUT2D eigenvalue weighted by Gasteiger charge is 2.33. The van der Waals surface area contributed by atoms with Gasteiger partial charge in [-0.2, -0.15) is 18.3 Å². The molecular formula is C27H26F3N3O4. The quantitative estimate of drug-likeness (QED) is 0.128. The number of anilines is 1. The number of hydrogen-bond acceptors (Lipinski definition) is 6. The van der Waals surface area contributed by atoms with Crippen LogP contribution in [0.25, 0.3) is 0 Å². The van der Waals surface area contributed by atoms with Crippen LogP contribution in [0.5, 0.6) is 11.5 Å². The fourth-order valence-corrected chi connectivity index (χ4v) is 3.46. The van der Waals surface area contributed by atoms with Gasteiger partial charge < -0.3 is 9.47 Å². The minimum Gasteiger partial charge on any atom is -0.490 e. The van der Waals surface area contributed by atoms with Crippen molar-refractivity contribution in [3.63, 3.8) is 0 Å². The van der Waals surface area contributed by atoms with Gasteiger partial charge in [0.2, 0.25) is 0 Å². The average molecular weight is 514 g/mol. The van der Waals surface area contributed by atoms with Gasteiger partial charge in [0.25, 0.3) is 5.69 Å². The summed E-state index contributed by atoms with van der Waals surface area (Å²) in [5, 5.41) is 15.3. The maximum atomic E-state index is 12.9. The molecule has 3 aromatic carbocycles. The van der Waals surface area contributed by atoms with E-state index in [0.717, 1.165) is 28.8 Å². The molecular weight excluding hydrogens is 487 g/mol. The number of hydrogen-bond donors (Lipinski definition) is 1. The molecule has 1 N–H and O–H groups in total. The molecule has 194 valence electrons. The molecule has 0 saturated heterocycles. The molecule has 3 rings (SSSR count). The zero-order valence-electron chi connectivity index (χ0n) is 20.3. The van der Waals surface area contributed by atoms with Crippen molar-refractivity contribution in [1.82, 2.24) is 0 Å².